The Bertz CT molecular complexity index is 208. The van der Waals surface area contributed by atoms with Gasteiger partial charge in [-0.3, -0.25) is 9.69 Å². The number of nitrogens with zero attached hydrogens (tertiary/aromatic N) is 1. The highest BCUT2D eigenvalue weighted by Crippen LogP contribution is 2.30. The summed E-state index contributed by atoms with van der Waals surface area (Å²) in [6.45, 7) is 0.0722. The van der Waals surface area contributed by atoms with Crippen molar-refractivity contribution in [3.63, 3.8) is 0 Å². The second-order valence-corrected chi connectivity index (χ2v) is 3.48. The number of methoxy groups -OCH3 is 1. The molecule has 5 heteroatoms. The van der Waals surface area contributed by atoms with E-state index in [-0.39, 0.29) is 6.54 Å². The lowest BCUT2D eigenvalue weighted by atomic mass is 9.96. The van der Waals surface area contributed by atoms with Crippen molar-refractivity contribution in [2.75, 3.05) is 27.2 Å². The standard InChI is InChI=1S/C8H13F2NO2/c1-11-4-6(7(12)13-2)3-8(9,10)5-11/h6H,3-5H2,1-2H3. The highest BCUT2D eigenvalue weighted by molar-refractivity contribution is 5.72. The Balaban J connectivity index is 2.62. The first-order valence-corrected chi connectivity index (χ1v) is 4.09. The zero-order valence-electron chi connectivity index (χ0n) is 7.72. The first-order chi connectivity index (χ1) is 5.94. The minimum Gasteiger partial charge on any atom is -0.469 e. The number of alkyl halides is 2. The molecule has 1 aliphatic rings. The number of halogens is 2. The van der Waals surface area contributed by atoms with Crippen molar-refractivity contribution in [1.29, 1.82) is 0 Å². The summed E-state index contributed by atoms with van der Waals surface area (Å²) in [6, 6.07) is 0. The average Bonchev–Trinajstić information content (AvgIpc) is 1.99. The summed E-state index contributed by atoms with van der Waals surface area (Å²) in [6.07, 6.45) is -0.399. The van der Waals surface area contributed by atoms with Gasteiger partial charge in [0.1, 0.15) is 0 Å². The van der Waals surface area contributed by atoms with E-state index in [1.807, 2.05) is 0 Å². The normalized spacial score (nSPS) is 28.5. The molecule has 76 valence electrons. The molecule has 0 aromatic rings. The van der Waals surface area contributed by atoms with Crippen molar-refractivity contribution in [2.45, 2.75) is 12.3 Å². The summed E-state index contributed by atoms with van der Waals surface area (Å²) in [5.41, 5.74) is 0. The summed E-state index contributed by atoms with van der Waals surface area (Å²) in [5.74, 6) is -4.02. The average molecular weight is 193 g/mol. The van der Waals surface area contributed by atoms with Crippen molar-refractivity contribution in [2.24, 2.45) is 5.92 Å². The van der Waals surface area contributed by atoms with Gasteiger partial charge in [0.25, 0.3) is 5.92 Å². The molecule has 0 spiro atoms. The molecule has 13 heavy (non-hydrogen) atoms. The van der Waals surface area contributed by atoms with E-state index in [9.17, 15) is 13.6 Å². The number of carbonyl (C=O) groups is 1. The number of hydrogen-bond acceptors (Lipinski definition) is 3. The third kappa shape index (κ3) is 2.62. The SMILES string of the molecule is COC(=O)C1CN(C)CC(F)(F)C1. The smallest absolute Gasteiger partial charge is 0.310 e. The van der Waals surface area contributed by atoms with E-state index in [1.165, 1.54) is 12.0 Å². The quantitative estimate of drug-likeness (QED) is 0.575. The van der Waals surface area contributed by atoms with Crippen molar-refractivity contribution in [3.05, 3.63) is 0 Å². The summed E-state index contributed by atoms with van der Waals surface area (Å²) in [5, 5.41) is 0. The number of rotatable bonds is 1. The van der Waals surface area contributed by atoms with Crippen LogP contribution in [-0.4, -0.2) is 44.0 Å². The Hall–Kier alpha value is -0.710. The van der Waals surface area contributed by atoms with Gasteiger partial charge in [-0.05, 0) is 7.05 Å². The van der Waals surface area contributed by atoms with Gasteiger partial charge in [0.2, 0.25) is 0 Å². The Morgan fingerprint density at radius 1 is 1.62 bits per heavy atom. The topological polar surface area (TPSA) is 29.5 Å². The van der Waals surface area contributed by atoms with Crippen LogP contribution in [0.2, 0.25) is 0 Å². The van der Waals surface area contributed by atoms with Crippen LogP contribution in [0.25, 0.3) is 0 Å². The van der Waals surface area contributed by atoms with Crippen LogP contribution in [0.5, 0.6) is 0 Å². The minimum atomic E-state index is -2.77. The third-order valence-corrected chi connectivity index (χ3v) is 2.11. The van der Waals surface area contributed by atoms with Crippen LogP contribution in [0.15, 0.2) is 0 Å². The van der Waals surface area contributed by atoms with Gasteiger partial charge in [-0.1, -0.05) is 0 Å². The van der Waals surface area contributed by atoms with Gasteiger partial charge < -0.3 is 4.74 Å². The highest BCUT2D eigenvalue weighted by Gasteiger charge is 2.42. The number of carbonyl (C=O) groups excluding carboxylic acids is 1. The zero-order chi connectivity index (χ0) is 10.1. The maximum absolute atomic E-state index is 13.0. The second-order valence-electron chi connectivity index (χ2n) is 3.48. The van der Waals surface area contributed by atoms with E-state index >= 15 is 0 Å². The lowest BCUT2D eigenvalue weighted by Gasteiger charge is -2.33. The monoisotopic (exact) mass is 193 g/mol. The van der Waals surface area contributed by atoms with E-state index in [1.54, 1.807) is 7.05 Å². The molecule has 1 aliphatic heterocycles. The summed E-state index contributed by atoms with van der Waals surface area (Å²) >= 11 is 0. The fourth-order valence-corrected chi connectivity index (χ4v) is 1.65. The molecule has 0 amide bonds. The molecule has 0 saturated carbocycles. The third-order valence-electron chi connectivity index (χ3n) is 2.11. The van der Waals surface area contributed by atoms with E-state index in [0.29, 0.717) is 6.54 Å². The van der Waals surface area contributed by atoms with Crippen LogP contribution in [0.3, 0.4) is 0 Å². The number of ether oxygens (including phenoxy) is 1. The van der Waals surface area contributed by atoms with Crippen LogP contribution in [-0.2, 0) is 9.53 Å². The summed E-state index contributed by atoms with van der Waals surface area (Å²) in [7, 11) is 2.79. The molecule has 1 unspecified atom stereocenters. The molecule has 3 nitrogen and oxygen atoms in total. The predicted molar refractivity (Wildman–Crippen MR) is 42.6 cm³/mol. The fraction of sp³-hybridized carbons (Fsp3) is 0.875. The molecule has 1 heterocycles. The largest absolute Gasteiger partial charge is 0.469 e. The molecular formula is C8H13F2NO2. The zero-order valence-corrected chi connectivity index (χ0v) is 7.72. The van der Waals surface area contributed by atoms with Crippen molar-refractivity contribution in [3.8, 4) is 0 Å². The van der Waals surface area contributed by atoms with E-state index < -0.39 is 24.2 Å². The molecule has 1 saturated heterocycles. The minimum absolute atomic E-state index is 0.277. The van der Waals surface area contributed by atoms with Crippen LogP contribution < -0.4 is 0 Å². The molecule has 0 aliphatic carbocycles. The highest BCUT2D eigenvalue weighted by atomic mass is 19.3. The Morgan fingerprint density at radius 3 is 2.69 bits per heavy atom. The van der Waals surface area contributed by atoms with Crippen molar-refractivity contribution < 1.29 is 18.3 Å². The summed E-state index contributed by atoms with van der Waals surface area (Å²) in [4.78, 5) is 12.5. The number of piperidine rings is 1. The molecular weight excluding hydrogens is 180 g/mol. The van der Waals surface area contributed by atoms with Gasteiger partial charge in [0.05, 0.1) is 19.6 Å². The van der Waals surface area contributed by atoms with E-state index in [4.69, 9.17) is 0 Å². The van der Waals surface area contributed by atoms with Gasteiger partial charge in [-0.25, -0.2) is 8.78 Å². The molecule has 0 aromatic carbocycles. The number of esters is 1. The fourth-order valence-electron chi connectivity index (χ4n) is 1.65. The molecule has 0 aromatic heterocycles. The maximum Gasteiger partial charge on any atom is 0.310 e. The second kappa shape index (κ2) is 3.57. The van der Waals surface area contributed by atoms with E-state index in [0.717, 1.165) is 0 Å². The van der Waals surface area contributed by atoms with Crippen LogP contribution in [0.4, 0.5) is 8.78 Å². The number of hydrogen-bond donors (Lipinski definition) is 0. The first-order valence-electron chi connectivity index (χ1n) is 4.09. The molecule has 1 fully saturated rings. The first kappa shape index (κ1) is 10.4. The lowest BCUT2D eigenvalue weighted by Crippen LogP contribution is -2.47. The Labute approximate surface area is 75.7 Å². The molecule has 1 atom stereocenters. The predicted octanol–water partition coefficient (Wildman–Crippen LogP) is 0.746. The summed E-state index contributed by atoms with van der Waals surface area (Å²) < 4.78 is 30.3. The molecule has 0 bridgehead atoms. The van der Waals surface area contributed by atoms with Crippen molar-refractivity contribution >= 4 is 5.97 Å². The maximum atomic E-state index is 13.0. The van der Waals surface area contributed by atoms with Gasteiger partial charge >= 0.3 is 5.97 Å². The van der Waals surface area contributed by atoms with Crippen LogP contribution >= 0.6 is 0 Å². The van der Waals surface area contributed by atoms with Gasteiger partial charge in [0, 0.05) is 13.0 Å². The van der Waals surface area contributed by atoms with Gasteiger partial charge in [-0.15, -0.1) is 0 Å². The van der Waals surface area contributed by atoms with Gasteiger partial charge in [0.15, 0.2) is 0 Å². The van der Waals surface area contributed by atoms with Gasteiger partial charge in [-0.2, -0.15) is 0 Å². The van der Waals surface area contributed by atoms with Crippen molar-refractivity contribution in [1.82, 2.24) is 4.90 Å². The molecule has 0 radical (unpaired) electrons. The van der Waals surface area contributed by atoms with E-state index in [2.05, 4.69) is 4.74 Å². The lowest BCUT2D eigenvalue weighted by molar-refractivity contribution is -0.155. The molecule has 1 rings (SSSR count). The Morgan fingerprint density at radius 2 is 2.23 bits per heavy atom. The van der Waals surface area contributed by atoms with Crippen LogP contribution in [0, 0.1) is 5.92 Å². The number of likely N-dealkylation sites (tertiary alicyclic amines) is 1. The Kier molecular flexibility index (Phi) is 2.85. The van der Waals surface area contributed by atoms with Crippen LogP contribution in [0.1, 0.15) is 6.42 Å². The molecule has 0 N–H and O–H groups in total.